The molecular weight excluding hydrogens is 392 g/mol. The van der Waals surface area contributed by atoms with Crippen LogP contribution in [0.3, 0.4) is 0 Å². The minimum Gasteiger partial charge on any atom is -0.493 e. The number of halogens is 1. The Bertz CT molecular complexity index is 821. The monoisotopic (exact) mass is 420 g/mol. The molecule has 8 heteroatoms. The van der Waals surface area contributed by atoms with E-state index in [2.05, 4.69) is 14.9 Å². The van der Waals surface area contributed by atoms with Crippen molar-refractivity contribution >= 4 is 23.4 Å². The van der Waals surface area contributed by atoms with Crippen LogP contribution in [0.25, 0.3) is 0 Å². The molecule has 2 heterocycles. The molecule has 3 N–H and O–H groups in total. The Kier molecular flexibility index (Phi) is 6.82. The van der Waals surface area contributed by atoms with Crippen LogP contribution in [0.4, 0.5) is 11.8 Å². The smallest absolute Gasteiger partial charge is 0.222 e. The van der Waals surface area contributed by atoms with Gasteiger partial charge in [-0.2, -0.15) is 4.98 Å². The second kappa shape index (κ2) is 9.15. The van der Waals surface area contributed by atoms with Crippen LogP contribution in [0.5, 0.6) is 5.75 Å². The number of hydrogen-bond acceptors (Lipinski definition) is 7. The molecule has 7 nitrogen and oxygen atoms in total. The van der Waals surface area contributed by atoms with Gasteiger partial charge in [-0.05, 0) is 44.9 Å². The van der Waals surface area contributed by atoms with E-state index in [1.165, 1.54) is 0 Å². The number of nitrogen functional groups attached to an aromatic ring is 1. The molecule has 29 heavy (non-hydrogen) atoms. The molecule has 0 bridgehead atoms. The van der Waals surface area contributed by atoms with E-state index in [0.29, 0.717) is 37.0 Å². The molecule has 1 aliphatic heterocycles. The van der Waals surface area contributed by atoms with Gasteiger partial charge in [0.15, 0.2) is 0 Å². The maximum atomic E-state index is 9.82. The van der Waals surface area contributed by atoms with Gasteiger partial charge in [0.05, 0.1) is 24.9 Å². The summed E-state index contributed by atoms with van der Waals surface area (Å²) in [5, 5.41) is 10.4. The Morgan fingerprint density at radius 2 is 2.14 bits per heavy atom. The molecule has 1 aromatic heterocycles. The fraction of sp³-hybridized carbons (Fsp3) is 0.524. The summed E-state index contributed by atoms with van der Waals surface area (Å²) in [6.07, 6.45) is 1.42. The summed E-state index contributed by atoms with van der Waals surface area (Å²) < 4.78 is 11.6. The molecule has 2 aromatic rings. The normalized spacial score (nSPS) is 17.8. The fourth-order valence-electron chi connectivity index (χ4n) is 3.32. The Hall–Kier alpha value is -2.09. The number of ether oxygens (including phenoxy) is 2. The first-order chi connectivity index (χ1) is 13.7. The standard InChI is InChI=1S/C21H29ClN4O3/c1-14-11-19(25-20(23)24-14)26-8-4-9-28-13-18(26)16-6-5-15(12-17(16)22)29-10-7-21(2,3)27/h5-6,11-12,18,27H,4,7-10,13H2,1-3H3,(H2,23,24,25)/t18-/m0/s1. The zero-order chi connectivity index (χ0) is 21.0. The first-order valence-corrected chi connectivity index (χ1v) is 10.2. The molecule has 1 aromatic carbocycles. The Morgan fingerprint density at radius 3 is 2.83 bits per heavy atom. The summed E-state index contributed by atoms with van der Waals surface area (Å²) >= 11 is 6.63. The maximum absolute atomic E-state index is 9.82. The third-order valence-electron chi connectivity index (χ3n) is 4.81. The van der Waals surface area contributed by atoms with Crippen LogP contribution in [0.1, 0.15) is 44.0 Å². The van der Waals surface area contributed by atoms with E-state index in [9.17, 15) is 5.11 Å². The lowest BCUT2D eigenvalue weighted by Crippen LogP contribution is -2.32. The summed E-state index contributed by atoms with van der Waals surface area (Å²) in [7, 11) is 0. The van der Waals surface area contributed by atoms with E-state index in [4.69, 9.17) is 26.8 Å². The van der Waals surface area contributed by atoms with Crippen LogP contribution in [0.15, 0.2) is 24.3 Å². The second-order valence-electron chi connectivity index (χ2n) is 7.96. The molecule has 3 rings (SSSR count). The second-order valence-corrected chi connectivity index (χ2v) is 8.36. The number of nitrogens with two attached hydrogens (primary N) is 1. The zero-order valence-corrected chi connectivity index (χ0v) is 17.9. The predicted octanol–water partition coefficient (Wildman–Crippen LogP) is 3.53. The Labute approximate surface area is 176 Å². The molecule has 0 spiro atoms. The summed E-state index contributed by atoms with van der Waals surface area (Å²) in [5.74, 6) is 1.70. The van der Waals surface area contributed by atoms with E-state index >= 15 is 0 Å². The first-order valence-electron chi connectivity index (χ1n) is 9.83. The predicted molar refractivity (Wildman–Crippen MR) is 115 cm³/mol. The van der Waals surface area contributed by atoms with Gasteiger partial charge in [0.25, 0.3) is 0 Å². The average Bonchev–Trinajstić information content (AvgIpc) is 2.86. The highest BCUT2D eigenvalue weighted by molar-refractivity contribution is 6.31. The van der Waals surface area contributed by atoms with Crippen LogP contribution >= 0.6 is 11.6 Å². The Morgan fingerprint density at radius 1 is 1.34 bits per heavy atom. The van der Waals surface area contributed by atoms with Crippen LogP contribution in [0.2, 0.25) is 5.02 Å². The number of hydrogen-bond donors (Lipinski definition) is 2. The average molecular weight is 421 g/mol. The summed E-state index contributed by atoms with van der Waals surface area (Å²) in [6, 6.07) is 7.50. The molecule has 1 atom stereocenters. The minimum atomic E-state index is -0.764. The van der Waals surface area contributed by atoms with Gasteiger partial charge in [-0.25, -0.2) is 4.98 Å². The van der Waals surface area contributed by atoms with Crippen molar-refractivity contribution < 1.29 is 14.6 Å². The van der Waals surface area contributed by atoms with Crippen LogP contribution < -0.4 is 15.4 Å². The molecule has 1 fully saturated rings. The zero-order valence-electron chi connectivity index (χ0n) is 17.2. The number of nitrogens with zero attached hydrogens (tertiary/aromatic N) is 3. The third-order valence-corrected chi connectivity index (χ3v) is 5.13. The molecule has 0 saturated carbocycles. The van der Waals surface area contributed by atoms with Crippen molar-refractivity contribution in [2.45, 2.75) is 45.3 Å². The topological polar surface area (TPSA) is 93.7 Å². The van der Waals surface area contributed by atoms with E-state index < -0.39 is 5.60 Å². The number of aromatic nitrogens is 2. The molecule has 0 unspecified atom stereocenters. The lowest BCUT2D eigenvalue weighted by molar-refractivity contribution is 0.0553. The molecule has 0 radical (unpaired) electrons. The number of aliphatic hydroxyl groups is 1. The van der Waals surface area contributed by atoms with Crippen molar-refractivity contribution in [3.05, 3.63) is 40.5 Å². The summed E-state index contributed by atoms with van der Waals surface area (Å²) in [6.45, 7) is 7.79. The van der Waals surface area contributed by atoms with Gasteiger partial charge >= 0.3 is 0 Å². The number of aryl methyl sites for hydroxylation is 1. The third kappa shape index (κ3) is 5.95. The minimum absolute atomic E-state index is 0.0934. The SMILES string of the molecule is Cc1cc(N2CCCOC[C@H]2c2ccc(OCCC(C)(C)O)cc2Cl)nc(N)n1. The summed E-state index contributed by atoms with van der Waals surface area (Å²) in [4.78, 5) is 10.8. The highest BCUT2D eigenvalue weighted by atomic mass is 35.5. The number of rotatable bonds is 6. The van der Waals surface area contributed by atoms with Gasteiger partial charge in [-0.3, -0.25) is 0 Å². The lowest BCUT2D eigenvalue weighted by atomic mass is 10.0. The van der Waals surface area contributed by atoms with E-state index in [1.54, 1.807) is 13.8 Å². The summed E-state index contributed by atoms with van der Waals surface area (Å²) in [5.41, 5.74) is 6.87. The molecule has 0 amide bonds. The molecule has 158 valence electrons. The van der Waals surface area contributed by atoms with Crippen molar-refractivity contribution in [3.8, 4) is 5.75 Å². The highest BCUT2D eigenvalue weighted by Crippen LogP contribution is 2.35. The van der Waals surface area contributed by atoms with Gasteiger partial charge in [0.2, 0.25) is 5.95 Å². The van der Waals surface area contributed by atoms with Gasteiger partial charge in [0.1, 0.15) is 11.6 Å². The Balaban J connectivity index is 1.83. The van der Waals surface area contributed by atoms with Crippen LogP contribution in [-0.4, -0.2) is 47.0 Å². The number of benzene rings is 1. The van der Waals surface area contributed by atoms with Crippen molar-refractivity contribution in [2.75, 3.05) is 37.0 Å². The highest BCUT2D eigenvalue weighted by Gasteiger charge is 2.27. The molecular formula is C21H29ClN4O3. The molecule has 1 aliphatic rings. The number of anilines is 2. The molecule has 1 saturated heterocycles. The van der Waals surface area contributed by atoms with E-state index in [-0.39, 0.29) is 12.0 Å². The van der Waals surface area contributed by atoms with Gasteiger partial charge in [-0.1, -0.05) is 17.7 Å². The van der Waals surface area contributed by atoms with Crippen LogP contribution in [0, 0.1) is 6.92 Å². The first kappa shape index (κ1) is 21.6. The fourth-order valence-corrected chi connectivity index (χ4v) is 3.61. The van der Waals surface area contributed by atoms with E-state index in [0.717, 1.165) is 30.0 Å². The van der Waals surface area contributed by atoms with Gasteiger partial charge in [0, 0.05) is 36.4 Å². The molecule has 0 aliphatic carbocycles. The quantitative estimate of drug-likeness (QED) is 0.738. The van der Waals surface area contributed by atoms with Crippen LogP contribution in [-0.2, 0) is 4.74 Å². The largest absolute Gasteiger partial charge is 0.493 e. The van der Waals surface area contributed by atoms with Crippen molar-refractivity contribution in [3.63, 3.8) is 0 Å². The van der Waals surface area contributed by atoms with Crippen molar-refractivity contribution in [1.29, 1.82) is 0 Å². The van der Waals surface area contributed by atoms with Crippen molar-refractivity contribution in [2.24, 2.45) is 0 Å². The van der Waals surface area contributed by atoms with Gasteiger partial charge < -0.3 is 25.2 Å². The van der Waals surface area contributed by atoms with Gasteiger partial charge in [-0.15, -0.1) is 0 Å². The van der Waals surface area contributed by atoms with E-state index in [1.807, 2.05) is 31.2 Å². The van der Waals surface area contributed by atoms with Crippen molar-refractivity contribution in [1.82, 2.24) is 9.97 Å². The lowest BCUT2D eigenvalue weighted by Gasteiger charge is -2.31. The maximum Gasteiger partial charge on any atom is 0.222 e.